The van der Waals surface area contributed by atoms with E-state index in [9.17, 15) is 9.59 Å². The standard InChI is InChI=1S/C24H31NO5/c1-7-30-23(27)20-14(2)25-17-11-24(3,4)12-18(26)22(17)21(20)15-8-9-19(29-6)16(10-15)13-28-5/h8-10,21,25H,7,11-13H2,1-6H3/t21-/m0/s1. The van der Waals surface area contributed by atoms with Crippen molar-refractivity contribution in [2.75, 3.05) is 20.8 Å². The number of allylic oxidation sites excluding steroid dienone is 3. The molecule has 1 atom stereocenters. The lowest BCUT2D eigenvalue weighted by molar-refractivity contribution is -0.138. The molecule has 0 aromatic heterocycles. The molecule has 6 heteroatoms. The lowest BCUT2D eigenvalue weighted by atomic mass is 9.68. The zero-order valence-electron chi connectivity index (χ0n) is 18.7. The molecule has 0 bridgehead atoms. The van der Waals surface area contributed by atoms with Crippen molar-refractivity contribution in [3.05, 3.63) is 51.9 Å². The van der Waals surface area contributed by atoms with Gasteiger partial charge in [-0.1, -0.05) is 19.9 Å². The minimum absolute atomic E-state index is 0.0668. The van der Waals surface area contributed by atoms with Gasteiger partial charge in [-0.3, -0.25) is 4.79 Å². The number of carbonyl (C=O) groups excluding carboxylic acids is 2. The van der Waals surface area contributed by atoms with Crippen molar-refractivity contribution >= 4 is 11.8 Å². The third kappa shape index (κ3) is 4.15. The van der Waals surface area contributed by atoms with Gasteiger partial charge in [0.05, 0.1) is 25.9 Å². The largest absolute Gasteiger partial charge is 0.496 e. The van der Waals surface area contributed by atoms with E-state index in [0.717, 1.165) is 28.9 Å². The molecule has 1 aromatic carbocycles. The number of rotatable bonds is 6. The highest BCUT2D eigenvalue weighted by Gasteiger charge is 2.43. The maximum atomic E-state index is 13.3. The molecule has 3 rings (SSSR count). The minimum atomic E-state index is -0.481. The summed E-state index contributed by atoms with van der Waals surface area (Å²) in [6.07, 6.45) is 1.19. The van der Waals surface area contributed by atoms with Gasteiger partial charge in [-0.2, -0.15) is 0 Å². The molecule has 0 fully saturated rings. The van der Waals surface area contributed by atoms with E-state index in [1.807, 2.05) is 25.1 Å². The topological polar surface area (TPSA) is 73.9 Å². The van der Waals surface area contributed by atoms with Crippen LogP contribution in [0.3, 0.4) is 0 Å². The SMILES string of the molecule is CCOC(=O)C1=C(C)NC2=C(C(=O)CC(C)(C)C2)[C@H]1c1ccc(OC)c(COC)c1. The fourth-order valence-electron chi connectivity index (χ4n) is 4.50. The van der Waals surface area contributed by atoms with Crippen molar-refractivity contribution in [2.45, 2.75) is 53.1 Å². The maximum Gasteiger partial charge on any atom is 0.336 e. The summed E-state index contributed by atoms with van der Waals surface area (Å²) < 4.78 is 16.1. The molecule has 1 aliphatic heterocycles. The Morgan fingerprint density at radius 3 is 2.60 bits per heavy atom. The molecule has 1 aliphatic carbocycles. The van der Waals surface area contributed by atoms with Crippen LogP contribution >= 0.6 is 0 Å². The van der Waals surface area contributed by atoms with E-state index < -0.39 is 11.9 Å². The van der Waals surface area contributed by atoms with Gasteiger partial charge in [-0.25, -0.2) is 4.79 Å². The minimum Gasteiger partial charge on any atom is -0.496 e. The van der Waals surface area contributed by atoms with E-state index in [4.69, 9.17) is 14.2 Å². The van der Waals surface area contributed by atoms with Gasteiger partial charge in [0.2, 0.25) is 0 Å². The Morgan fingerprint density at radius 2 is 1.97 bits per heavy atom. The molecule has 0 unspecified atom stereocenters. The van der Waals surface area contributed by atoms with Gasteiger partial charge < -0.3 is 19.5 Å². The highest BCUT2D eigenvalue weighted by Crippen LogP contribution is 2.47. The fraction of sp³-hybridized carbons (Fsp3) is 0.500. The van der Waals surface area contributed by atoms with Gasteiger partial charge >= 0.3 is 5.97 Å². The van der Waals surface area contributed by atoms with Crippen molar-refractivity contribution < 1.29 is 23.8 Å². The van der Waals surface area contributed by atoms with Crippen LogP contribution in [0.5, 0.6) is 5.75 Å². The number of ether oxygens (including phenoxy) is 3. The van der Waals surface area contributed by atoms with Crippen LogP contribution in [-0.4, -0.2) is 32.6 Å². The summed E-state index contributed by atoms with van der Waals surface area (Å²) >= 11 is 0. The number of esters is 1. The molecule has 0 spiro atoms. The molecule has 0 amide bonds. The summed E-state index contributed by atoms with van der Waals surface area (Å²) in [5.74, 6) is -0.110. The first kappa shape index (κ1) is 22.1. The highest BCUT2D eigenvalue weighted by molar-refractivity contribution is 6.04. The maximum absolute atomic E-state index is 13.3. The quantitative estimate of drug-likeness (QED) is 0.711. The third-order valence-electron chi connectivity index (χ3n) is 5.67. The molecular formula is C24H31NO5. The molecule has 30 heavy (non-hydrogen) atoms. The van der Waals surface area contributed by atoms with Crippen molar-refractivity contribution in [2.24, 2.45) is 5.41 Å². The zero-order valence-corrected chi connectivity index (χ0v) is 18.7. The van der Waals surface area contributed by atoms with Crippen molar-refractivity contribution in [3.8, 4) is 5.75 Å². The van der Waals surface area contributed by atoms with Crippen molar-refractivity contribution in [1.29, 1.82) is 0 Å². The van der Waals surface area contributed by atoms with Crippen LogP contribution in [0.1, 0.15) is 57.6 Å². The van der Waals surface area contributed by atoms with Gasteiger partial charge in [-0.15, -0.1) is 0 Å². The number of Topliss-reactive ketones (excluding diaryl/α,β-unsaturated/α-hetero) is 1. The number of nitrogens with one attached hydrogen (secondary N) is 1. The lowest BCUT2D eigenvalue weighted by Crippen LogP contribution is -2.38. The van der Waals surface area contributed by atoms with Crippen LogP contribution < -0.4 is 10.1 Å². The van der Waals surface area contributed by atoms with E-state index in [1.54, 1.807) is 21.1 Å². The van der Waals surface area contributed by atoms with Crippen LogP contribution in [-0.2, 0) is 25.7 Å². The molecule has 0 saturated heterocycles. The van der Waals surface area contributed by atoms with E-state index >= 15 is 0 Å². The third-order valence-corrected chi connectivity index (χ3v) is 5.67. The Bertz CT molecular complexity index is 926. The second-order valence-electron chi connectivity index (χ2n) is 8.65. The normalized spacial score (nSPS) is 20.6. The van der Waals surface area contributed by atoms with Crippen molar-refractivity contribution in [3.63, 3.8) is 0 Å². The first-order valence-electron chi connectivity index (χ1n) is 10.3. The number of ketones is 1. The summed E-state index contributed by atoms with van der Waals surface area (Å²) in [4.78, 5) is 26.2. The summed E-state index contributed by atoms with van der Waals surface area (Å²) in [5, 5.41) is 3.34. The Hall–Kier alpha value is -2.60. The van der Waals surface area contributed by atoms with E-state index in [1.165, 1.54) is 0 Å². The Balaban J connectivity index is 2.20. The number of hydrogen-bond donors (Lipinski definition) is 1. The smallest absolute Gasteiger partial charge is 0.336 e. The average molecular weight is 414 g/mol. The molecule has 0 saturated carbocycles. The summed E-state index contributed by atoms with van der Waals surface area (Å²) in [5.41, 5.74) is 4.36. The monoisotopic (exact) mass is 413 g/mol. The zero-order chi connectivity index (χ0) is 22.1. The van der Waals surface area contributed by atoms with E-state index in [-0.39, 0.29) is 17.8 Å². The molecule has 162 valence electrons. The van der Waals surface area contributed by atoms with Gasteiger partial charge in [-0.05, 0) is 43.4 Å². The van der Waals surface area contributed by atoms with Crippen LogP contribution in [0.25, 0.3) is 0 Å². The molecule has 0 radical (unpaired) electrons. The van der Waals surface area contributed by atoms with Crippen LogP contribution in [0.15, 0.2) is 40.7 Å². The van der Waals surface area contributed by atoms with Crippen LogP contribution in [0.4, 0.5) is 0 Å². The lowest BCUT2D eigenvalue weighted by Gasteiger charge is -2.39. The van der Waals surface area contributed by atoms with Crippen LogP contribution in [0, 0.1) is 5.41 Å². The second kappa shape index (κ2) is 8.64. The van der Waals surface area contributed by atoms with Gasteiger partial charge in [0.25, 0.3) is 0 Å². The molecular weight excluding hydrogens is 382 g/mol. The predicted octanol–water partition coefficient (Wildman–Crippen LogP) is 4.01. The van der Waals surface area contributed by atoms with E-state index in [2.05, 4.69) is 19.2 Å². The van der Waals surface area contributed by atoms with Crippen LogP contribution in [0.2, 0.25) is 0 Å². The summed E-state index contributed by atoms with van der Waals surface area (Å²) in [6.45, 7) is 8.47. The fourth-order valence-corrected chi connectivity index (χ4v) is 4.50. The number of hydrogen-bond acceptors (Lipinski definition) is 6. The van der Waals surface area contributed by atoms with Crippen molar-refractivity contribution in [1.82, 2.24) is 5.32 Å². The predicted molar refractivity (Wildman–Crippen MR) is 114 cm³/mol. The van der Waals surface area contributed by atoms with Gasteiger partial charge in [0.1, 0.15) is 5.75 Å². The Kier molecular flexibility index (Phi) is 6.36. The molecule has 1 heterocycles. The Labute approximate surface area is 178 Å². The van der Waals surface area contributed by atoms with Gasteiger partial charge in [0.15, 0.2) is 5.78 Å². The van der Waals surface area contributed by atoms with Gasteiger partial charge in [0, 0.05) is 42.0 Å². The number of carbonyl (C=O) groups is 2. The molecule has 1 N–H and O–H groups in total. The second-order valence-corrected chi connectivity index (χ2v) is 8.65. The van der Waals surface area contributed by atoms with E-state index in [0.29, 0.717) is 29.9 Å². The average Bonchev–Trinajstić information content (AvgIpc) is 2.66. The molecule has 1 aromatic rings. The first-order valence-corrected chi connectivity index (χ1v) is 10.3. The number of benzene rings is 1. The Morgan fingerprint density at radius 1 is 1.23 bits per heavy atom. The molecule has 2 aliphatic rings. The summed E-state index contributed by atoms with van der Waals surface area (Å²) in [7, 11) is 3.23. The number of methoxy groups -OCH3 is 2. The number of dihydropyridines is 1. The summed E-state index contributed by atoms with van der Waals surface area (Å²) in [6, 6.07) is 5.74. The first-order chi connectivity index (χ1) is 14.2. The molecule has 6 nitrogen and oxygen atoms in total. The highest BCUT2D eigenvalue weighted by atomic mass is 16.5.